The standard InChI is InChI=1S/C8H14F3N3O.ClH/c1-13-2-4-14(5-3-13)7(15)6(12)8(9,10)11;/h6H,2-5,12H2,1H3;1H. The average Bonchev–Trinajstić information content (AvgIpc) is 2.15. The van der Waals surface area contributed by atoms with Gasteiger partial charge in [-0.3, -0.25) is 4.79 Å². The summed E-state index contributed by atoms with van der Waals surface area (Å²) in [6.07, 6.45) is -4.65. The van der Waals surface area contributed by atoms with E-state index in [1.54, 1.807) is 0 Å². The minimum absolute atomic E-state index is 0. The van der Waals surface area contributed by atoms with Crippen molar-refractivity contribution in [3.63, 3.8) is 0 Å². The summed E-state index contributed by atoms with van der Waals surface area (Å²) >= 11 is 0. The topological polar surface area (TPSA) is 49.6 Å². The van der Waals surface area contributed by atoms with Gasteiger partial charge in [-0.15, -0.1) is 12.4 Å². The smallest absolute Gasteiger partial charge is 0.338 e. The number of carbonyl (C=O) groups is 1. The minimum Gasteiger partial charge on any atom is -0.338 e. The van der Waals surface area contributed by atoms with Crippen LogP contribution < -0.4 is 5.73 Å². The molecule has 0 aliphatic carbocycles. The molecule has 1 rings (SSSR count). The third-order valence-electron chi connectivity index (χ3n) is 2.43. The van der Waals surface area contributed by atoms with Crippen LogP contribution in [0.1, 0.15) is 0 Å². The van der Waals surface area contributed by atoms with Gasteiger partial charge in [-0.1, -0.05) is 0 Å². The third kappa shape index (κ3) is 3.80. The Labute approximate surface area is 98.0 Å². The minimum atomic E-state index is -4.65. The molecule has 1 amide bonds. The zero-order valence-electron chi connectivity index (χ0n) is 8.83. The van der Waals surface area contributed by atoms with Gasteiger partial charge in [0.15, 0.2) is 6.04 Å². The van der Waals surface area contributed by atoms with Gasteiger partial charge >= 0.3 is 6.18 Å². The number of hydrogen-bond donors (Lipinski definition) is 1. The van der Waals surface area contributed by atoms with Crippen molar-refractivity contribution in [2.24, 2.45) is 5.73 Å². The summed E-state index contributed by atoms with van der Waals surface area (Å²) in [6.45, 7) is 1.77. The number of carbonyl (C=O) groups excluding carboxylic acids is 1. The molecule has 1 aliphatic rings. The van der Waals surface area contributed by atoms with Crippen molar-refractivity contribution in [3.05, 3.63) is 0 Å². The van der Waals surface area contributed by atoms with Gasteiger partial charge < -0.3 is 15.5 Å². The Bertz CT molecular complexity index is 241. The van der Waals surface area contributed by atoms with E-state index in [0.717, 1.165) is 4.90 Å². The number of likely N-dealkylation sites (N-methyl/N-ethyl adjacent to an activating group) is 1. The van der Waals surface area contributed by atoms with Crippen LogP contribution in [0.2, 0.25) is 0 Å². The molecule has 96 valence electrons. The molecule has 0 saturated carbocycles. The Morgan fingerprint density at radius 3 is 2.06 bits per heavy atom. The van der Waals surface area contributed by atoms with Gasteiger partial charge in [-0.05, 0) is 7.05 Å². The lowest BCUT2D eigenvalue weighted by Crippen LogP contribution is -2.56. The van der Waals surface area contributed by atoms with E-state index < -0.39 is 18.1 Å². The normalized spacial score (nSPS) is 20.2. The molecule has 1 heterocycles. The zero-order valence-corrected chi connectivity index (χ0v) is 9.64. The Morgan fingerprint density at radius 1 is 1.25 bits per heavy atom. The molecule has 1 unspecified atom stereocenters. The number of piperazine rings is 1. The Kier molecular flexibility index (Phi) is 5.51. The highest BCUT2D eigenvalue weighted by atomic mass is 35.5. The maximum Gasteiger partial charge on any atom is 0.412 e. The van der Waals surface area contributed by atoms with Crippen molar-refractivity contribution < 1.29 is 18.0 Å². The molecule has 0 bridgehead atoms. The second kappa shape index (κ2) is 5.70. The Hall–Kier alpha value is -0.530. The zero-order chi connectivity index (χ0) is 11.6. The van der Waals surface area contributed by atoms with Crippen LogP contribution in [0.25, 0.3) is 0 Å². The maximum absolute atomic E-state index is 12.1. The second-order valence-electron chi connectivity index (χ2n) is 3.65. The van der Waals surface area contributed by atoms with Gasteiger partial charge in [-0.25, -0.2) is 0 Å². The van der Waals surface area contributed by atoms with Crippen LogP contribution in [0.4, 0.5) is 13.2 Å². The van der Waals surface area contributed by atoms with Gasteiger partial charge in [-0.2, -0.15) is 13.2 Å². The molecule has 0 radical (unpaired) electrons. The molecule has 2 N–H and O–H groups in total. The van der Waals surface area contributed by atoms with Crippen LogP contribution in [-0.4, -0.2) is 61.2 Å². The molecule has 4 nitrogen and oxygen atoms in total. The molecule has 8 heteroatoms. The van der Waals surface area contributed by atoms with Gasteiger partial charge in [0.25, 0.3) is 0 Å². The predicted molar refractivity (Wildman–Crippen MR) is 55.4 cm³/mol. The van der Waals surface area contributed by atoms with E-state index in [1.807, 2.05) is 11.9 Å². The summed E-state index contributed by atoms with van der Waals surface area (Å²) < 4.78 is 36.4. The molecular weight excluding hydrogens is 247 g/mol. The molecule has 0 spiro atoms. The molecule has 16 heavy (non-hydrogen) atoms. The summed E-state index contributed by atoms with van der Waals surface area (Å²) in [7, 11) is 1.85. The van der Waals surface area contributed by atoms with E-state index in [0.29, 0.717) is 26.2 Å². The highest BCUT2D eigenvalue weighted by Gasteiger charge is 2.44. The lowest BCUT2D eigenvalue weighted by Gasteiger charge is -2.34. The molecule has 0 aromatic carbocycles. The van der Waals surface area contributed by atoms with E-state index in [9.17, 15) is 18.0 Å². The third-order valence-corrected chi connectivity index (χ3v) is 2.43. The van der Waals surface area contributed by atoms with Crippen molar-refractivity contribution in [2.75, 3.05) is 33.2 Å². The van der Waals surface area contributed by atoms with Crippen molar-refractivity contribution in [1.82, 2.24) is 9.80 Å². The highest BCUT2D eigenvalue weighted by molar-refractivity contribution is 5.85. The molecule has 1 aliphatic heterocycles. The summed E-state index contributed by atoms with van der Waals surface area (Å²) in [5.74, 6) is -1.03. The SMILES string of the molecule is CN1CCN(C(=O)C(N)C(F)(F)F)CC1.Cl. The fourth-order valence-corrected chi connectivity index (χ4v) is 1.36. The number of nitrogens with two attached hydrogens (primary N) is 1. The molecular formula is C8H15ClF3N3O. The fourth-order valence-electron chi connectivity index (χ4n) is 1.36. The van der Waals surface area contributed by atoms with Crippen LogP contribution in [0.15, 0.2) is 0 Å². The first-order chi connectivity index (χ1) is 6.82. The first-order valence-electron chi connectivity index (χ1n) is 4.62. The van der Waals surface area contributed by atoms with Gasteiger partial charge in [0, 0.05) is 26.2 Å². The monoisotopic (exact) mass is 261 g/mol. The second-order valence-corrected chi connectivity index (χ2v) is 3.65. The average molecular weight is 262 g/mol. The highest BCUT2D eigenvalue weighted by Crippen LogP contribution is 2.20. The van der Waals surface area contributed by atoms with E-state index in [2.05, 4.69) is 0 Å². The summed E-state index contributed by atoms with van der Waals surface area (Å²) in [5, 5.41) is 0. The number of nitrogens with zero attached hydrogens (tertiary/aromatic N) is 2. The summed E-state index contributed by atoms with van der Waals surface area (Å²) in [5.41, 5.74) is 4.83. The van der Waals surface area contributed by atoms with Crippen molar-refractivity contribution >= 4 is 18.3 Å². The van der Waals surface area contributed by atoms with Crippen LogP contribution in [0, 0.1) is 0 Å². The maximum atomic E-state index is 12.1. The lowest BCUT2D eigenvalue weighted by atomic mass is 10.2. The van der Waals surface area contributed by atoms with E-state index in [1.165, 1.54) is 0 Å². The van der Waals surface area contributed by atoms with Crippen LogP contribution in [0.3, 0.4) is 0 Å². The number of rotatable bonds is 1. The molecule has 0 aromatic heterocycles. The van der Waals surface area contributed by atoms with Crippen molar-refractivity contribution in [2.45, 2.75) is 12.2 Å². The quantitative estimate of drug-likeness (QED) is 0.727. The predicted octanol–water partition coefficient (Wildman–Crippen LogP) is 0.0718. The first-order valence-corrected chi connectivity index (χ1v) is 4.62. The molecule has 0 aromatic rings. The number of halogens is 4. The van der Waals surface area contributed by atoms with Gasteiger partial charge in [0.2, 0.25) is 5.91 Å². The van der Waals surface area contributed by atoms with E-state index in [-0.39, 0.29) is 12.4 Å². The molecule has 1 fully saturated rings. The van der Waals surface area contributed by atoms with E-state index >= 15 is 0 Å². The van der Waals surface area contributed by atoms with Crippen LogP contribution >= 0.6 is 12.4 Å². The number of amides is 1. The largest absolute Gasteiger partial charge is 0.412 e. The fraction of sp³-hybridized carbons (Fsp3) is 0.875. The Morgan fingerprint density at radius 2 is 1.69 bits per heavy atom. The lowest BCUT2D eigenvalue weighted by molar-refractivity contribution is -0.170. The van der Waals surface area contributed by atoms with Crippen LogP contribution in [0.5, 0.6) is 0 Å². The Balaban J connectivity index is 0.00000225. The van der Waals surface area contributed by atoms with Crippen LogP contribution in [-0.2, 0) is 4.79 Å². The van der Waals surface area contributed by atoms with Gasteiger partial charge in [0.1, 0.15) is 0 Å². The van der Waals surface area contributed by atoms with Crippen molar-refractivity contribution in [1.29, 1.82) is 0 Å². The first kappa shape index (κ1) is 15.5. The summed E-state index contributed by atoms with van der Waals surface area (Å²) in [6, 6.07) is -2.39. The van der Waals surface area contributed by atoms with Crippen molar-refractivity contribution in [3.8, 4) is 0 Å². The summed E-state index contributed by atoms with van der Waals surface area (Å²) in [4.78, 5) is 14.4. The number of alkyl halides is 3. The number of hydrogen-bond acceptors (Lipinski definition) is 3. The molecule has 1 saturated heterocycles. The van der Waals surface area contributed by atoms with E-state index in [4.69, 9.17) is 5.73 Å². The molecule has 1 atom stereocenters. The van der Waals surface area contributed by atoms with Gasteiger partial charge in [0.05, 0.1) is 0 Å².